The highest BCUT2D eigenvalue weighted by Gasteiger charge is 2.34. The minimum atomic E-state index is -0.856. The zero-order valence-electron chi connectivity index (χ0n) is 23.0. The molecule has 1 N–H and O–H groups in total. The van der Waals surface area contributed by atoms with Gasteiger partial charge in [-0.05, 0) is 65.1 Å². The van der Waals surface area contributed by atoms with Crippen molar-refractivity contribution in [2.45, 2.75) is 81.9 Å². The molecule has 200 valence electrons. The molecule has 3 nitrogen and oxygen atoms in total. The van der Waals surface area contributed by atoms with Gasteiger partial charge in [-0.25, -0.2) is 4.79 Å². The van der Waals surface area contributed by atoms with E-state index in [1.54, 1.807) is 5.30 Å². The van der Waals surface area contributed by atoms with E-state index in [0.717, 1.165) is 28.1 Å². The van der Waals surface area contributed by atoms with Crippen molar-refractivity contribution in [1.82, 2.24) is 0 Å². The lowest BCUT2D eigenvalue weighted by atomic mass is 9.91. The summed E-state index contributed by atoms with van der Waals surface area (Å²) in [6.45, 7) is 0. The Bertz CT molecular complexity index is 1210. The first kappa shape index (κ1) is 26.9. The summed E-state index contributed by atoms with van der Waals surface area (Å²) < 4.78 is 0. The summed E-state index contributed by atoms with van der Waals surface area (Å²) in [6, 6.07) is 23.4. The molecule has 3 aromatic carbocycles. The monoisotopic (exact) mass is 527 g/mol. The van der Waals surface area contributed by atoms with Crippen molar-refractivity contribution in [1.29, 1.82) is 0 Å². The van der Waals surface area contributed by atoms with Crippen LogP contribution in [0.1, 0.15) is 85.7 Å². The predicted octanol–water partition coefficient (Wildman–Crippen LogP) is 8.48. The summed E-state index contributed by atoms with van der Waals surface area (Å²) in [5.74, 6) is -0.856. The molecule has 2 fully saturated rings. The van der Waals surface area contributed by atoms with Gasteiger partial charge in [-0.15, -0.1) is 0 Å². The second-order valence-electron chi connectivity index (χ2n) is 11.4. The Kier molecular flexibility index (Phi) is 8.85. The Labute approximate surface area is 230 Å². The molecule has 0 unspecified atom stereocenters. The minimum absolute atomic E-state index is 0.281. The standard InChI is InChI=1S/C34H42NO2P/c1-35(2)33-29(22-23-30(34(36)37)31(33)24-25-14-6-3-7-15-25)28-20-12-13-21-32(28)38(26-16-8-4-9-17-26)27-18-10-5-11-19-27/h3,6-7,12-15,20-23,26-27H,4-5,8-11,16-19,24H2,1-2H3,(H,36,37). The van der Waals surface area contributed by atoms with E-state index in [-0.39, 0.29) is 7.92 Å². The fourth-order valence-electron chi connectivity index (χ4n) is 6.88. The Hall–Kier alpha value is -2.64. The highest BCUT2D eigenvalue weighted by molar-refractivity contribution is 7.67. The van der Waals surface area contributed by atoms with Crippen molar-refractivity contribution < 1.29 is 9.90 Å². The molecular weight excluding hydrogens is 485 g/mol. The number of benzene rings is 3. The molecule has 2 saturated carbocycles. The molecule has 0 atom stereocenters. The summed E-state index contributed by atoms with van der Waals surface area (Å²) >= 11 is 0. The van der Waals surface area contributed by atoms with E-state index in [2.05, 4.69) is 61.5 Å². The maximum atomic E-state index is 12.4. The lowest BCUT2D eigenvalue weighted by molar-refractivity contribution is 0.0696. The van der Waals surface area contributed by atoms with Crippen LogP contribution in [0.5, 0.6) is 0 Å². The van der Waals surface area contributed by atoms with Crippen LogP contribution in [0.2, 0.25) is 0 Å². The van der Waals surface area contributed by atoms with Crippen LogP contribution in [0.3, 0.4) is 0 Å². The zero-order valence-corrected chi connectivity index (χ0v) is 23.9. The van der Waals surface area contributed by atoms with E-state index in [1.807, 2.05) is 24.3 Å². The van der Waals surface area contributed by atoms with Crippen LogP contribution in [0.4, 0.5) is 5.69 Å². The van der Waals surface area contributed by atoms with Crippen LogP contribution in [0.25, 0.3) is 11.1 Å². The number of nitrogens with zero attached hydrogens (tertiary/aromatic N) is 1. The van der Waals surface area contributed by atoms with Gasteiger partial charge in [-0.1, -0.05) is 107 Å². The average molecular weight is 528 g/mol. The van der Waals surface area contributed by atoms with E-state index in [0.29, 0.717) is 12.0 Å². The molecule has 0 spiro atoms. The molecule has 0 aromatic heterocycles. The Morgan fingerprint density at radius 3 is 1.92 bits per heavy atom. The van der Waals surface area contributed by atoms with Crippen LogP contribution < -0.4 is 10.2 Å². The molecule has 4 heteroatoms. The molecule has 3 aromatic rings. The third-order valence-electron chi connectivity index (χ3n) is 8.59. The molecule has 5 rings (SSSR count). The fourth-order valence-corrected chi connectivity index (χ4v) is 10.8. The molecule has 0 radical (unpaired) electrons. The van der Waals surface area contributed by atoms with Crippen LogP contribution in [0.15, 0.2) is 66.7 Å². The first-order valence-corrected chi connectivity index (χ1v) is 16.0. The second-order valence-corrected chi connectivity index (χ2v) is 14.1. The average Bonchev–Trinajstić information content (AvgIpc) is 2.95. The van der Waals surface area contributed by atoms with Crippen molar-refractivity contribution >= 4 is 24.9 Å². The van der Waals surface area contributed by atoms with Gasteiger partial charge in [0, 0.05) is 31.8 Å². The molecule has 38 heavy (non-hydrogen) atoms. The van der Waals surface area contributed by atoms with Gasteiger partial charge >= 0.3 is 5.97 Å². The van der Waals surface area contributed by atoms with E-state index < -0.39 is 5.97 Å². The van der Waals surface area contributed by atoms with Crippen molar-refractivity contribution in [3.05, 3.63) is 83.4 Å². The lowest BCUT2D eigenvalue weighted by Gasteiger charge is -2.40. The quantitative estimate of drug-likeness (QED) is 0.299. The minimum Gasteiger partial charge on any atom is -0.478 e. The number of carbonyl (C=O) groups is 1. The van der Waals surface area contributed by atoms with E-state index >= 15 is 0 Å². The molecule has 0 bridgehead atoms. The van der Waals surface area contributed by atoms with Gasteiger partial charge in [0.15, 0.2) is 0 Å². The SMILES string of the molecule is CN(C)c1c(-c2ccccc2P(C2CCCCC2)C2CCCCC2)ccc(C(=O)O)c1Cc1ccccc1. The third-order valence-corrected chi connectivity index (χ3v) is 12.1. The smallest absolute Gasteiger partial charge is 0.336 e. The van der Waals surface area contributed by atoms with Gasteiger partial charge in [0.05, 0.1) is 5.56 Å². The first-order valence-electron chi connectivity index (χ1n) is 14.5. The highest BCUT2D eigenvalue weighted by Crippen LogP contribution is 2.56. The number of aromatic carboxylic acids is 1. The van der Waals surface area contributed by atoms with Gasteiger partial charge in [-0.2, -0.15) is 0 Å². The molecule has 2 aliphatic rings. The number of hydrogen-bond acceptors (Lipinski definition) is 2. The molecular formula is C34H42NO2P. The van der Waals surface area contributed by atoms with Gasteiger partial charge in [-0.3, -0.25) is 0 Å². The zero-order chi connectivity index (χ0) is 26.5. The van der Waals surface area contributed by atoms with Crippen molar-refractivity contribution in [2.75, 3.05) is 19.0 Å². The Balaban J connectivity index is 1.67. The van der Waals surface area contributed by atoms with Crippen LogP contribution in [0, 0.1) is 0 Å². The molecule has 0 amide bonds. The van der Waals surface area contributed by atoms with Crippen molar-refractivity contribution in [3.8, 4) is 11.1 Å². The summed E-state index contributed by atoms with van der Waals surface area (Å²) in [7, 11) is 3.84. The first-order chi connectivity index (χ1) is 18.5. The number of hydrogen-bond donors (Lipinski definition) is 1. The maximum Gasteiger partial charge on any atom is 0.336 e. The van der Waals surface area contributed by atoms with Gasteiger partial charge < -0.3 is 10.0 Å². The van der Waals surface area contributed by atoms with Crippen LogP contribution in [-0.4, -0.2) is 36.5 Å². The van der Waals surface area contributed by atoms with Crippen molar-refractivity contribution in [3.63, 3.8) is 0 Å². The molecule has 0 saturated heterocycles. The van der Waals surface area contributed by atoms with Crippen LogP contribution in [-0.2, 0) is 6.42 Å². The maximum absolute atomic E-state index is 12.4. The summed E-state index contributed by atoms with van der Waals surface area (Å²) in [4.78, 5) is 14.5. The van der Waals surface area contributed by atoms with E-state index in [9.17, 15) is 9.90 Å². The Morgan fingerprint density at radius 1 is 0.763 bits per heavy atom. The topological polar surface area (TPSA) is 40.5 Å². The fraction of sp³-hybridized carbons (Fsp3) is 0.441. The summed E-state index contributed by atoms with van der Waals surface area (Å²) in [5.41, 5.74) is 7.62. The third kappa shape index (κ3) is 5.84. The number of rotatable bonds is 8. The van der Waals surface area contributed by atoms with Gasteiger partial charge in [0.1, 0.15) is 0 Å². The summed E-state index contributed by atoms with van der Waals surface area (Å²) in [6.07, 6.45) is 14.3. The van der Waals surface area contributed by atoms with E-state index in [1.165, 1.54) is 75.3 Å². The predicted molar refractivity (Wildman–Crippen MR) is 163 cm³/mol. The highest BCUT2D eigenvalue weighted by atomic mass is 31.1. The molecule has 0 aliphatic heterocycles. The number of carboxylic acid groups (broad SMARTS) is 1. The van der Waals surface area contributed by atoms with Gasteiger partial charge in [0.25, 0.3) is 0 Å². The van der Waals surface area contributed by atoms with E-state index in [4.69, 9.17) is 0 Å². The normalized spacial score (nSPS) is 17.0. The number of anilines is 1. The summed E-state index contributed by atoms with van der Waals surface area (Å²) in [5, 5.41) is 11.7. The Morgan fingerprint density at radius 2 is 1.34 bits per heavy atom. The molecule has 0 heterocycles. The largest absolute Gasteiger partial charge is 0.478 e. The molecule has 2 aliphatic carbocycles. The van der Waals surface area contributed by atoms with Gasteiger partial charge in [0.2, 0.25) is 0 Å². The second kappa shape index (κ2) is 12.5. The van der Waals surface area contributed by atoms with Crippen LogP contribution >= 0.6 is 7.92 Å². The number of carboxylic acids is 1. The van der Waals surface area contributed by atoms with Crippen molar-refractivity contribution in [2.24, 2.45) is 0 Å². The lowest BCUT2D eigenvalue weighted by Crippen LogP contribution is -2.27.